The van der Waals surface area contributed by atoms with Gasteiger partial charge in [-0.25, -0.2) is 18.4 Å². The molecule has 0 saturated heterocycles. The van der Waals surface area contributed by atoms with Crippen LogP contribution in [0, 0.1) is 0 Å². The van der Waals surface area contributed by atoms with Gasteiger partial charge in [-0.1, -0.05) is 0 Å². The van der Waals surface area contributed by atoms with E-state index in [1.807, 2.05) is 0 Å². The van der Waals surface area contributed by atoms with Crippen LogP contribution >= 0.6 is 0 Å². The summed E-state index contributed by atoms with van der Waals surface area (Å²) >= 11 is 0. The Morgan fingerprint density at radius 2 is 1.78 bits per heavy atom. The third-order valence-electron chi connectivity index (χ3n) is 2.23. The predicted octanol–water partition coefficient (Wildman–Crippen LogP) is 1.21. The second-order valence-electron chi connectivity index (χ2n) is 3.75. The zero-order valence-electron chi connectivity index (χ0n) is 9.66. The smallest absolute Gasteiger partial charge is 0.175 e. The summed E-state index contributed by atoms with van der Waals surface area (Å²) in [5, 5.41) is 2.99. The molecule has 3 N–H and O–H groups in total. The molecule has 0 aliphatic rings. The highest BCUT2D eigenvalue weighted by atomic mass is 32.2. The Morgan fingerprint density at radius 3 is 2.28 bits per heavy atom. The quantitative estimate of drug-likeness (QED) is 0.864. The summed E-state index contributed by atoms with van der Waals surface area (Å²) in [4.78, 5) is 8.19. The van der Waals surface area contributed by atoms with E-state index in [1.54, 1.807) is 12.1 Å². The molecule has 7 heteroatoms. The molecule has 1 heterocycles. The van der Waals surface area contributed by atoms with Gasteiger partial charge in [-0.3, -0.25) is 0 Å². The highest BCUT2D eigenvalue weighted by molar-refractivity contribution is 7.90. The van der Waals surface area contributed by atoms with Gasteiger partial charge in [0, 0.05) is 11.9 Å². The highest BCUT2D eigenvalue weighted by Crippen LogP contribution is 2.17. The van der Waals surface area contributed by atoms with E-state index in [9.17, 15) is 8.42 Å². The first-order valence-electron chi connectivity index (χ1n) is 5.10. The summed E-state index contributed by atoms with van der Waals surface area (Å²) in [6, 6.07) is 6.38. The molecule has 1 aromatic heterocycles. The maximum Gasteiger partial charge on any atom is 0.175 e. The Hall–Kier alpha value is -2.15. The van der Waals surface area contributed by atoms with Gasteiger partial charge < -0.3 is 11.1 Å². The lowest BCUT2D eigenvalue weighted by molar-refractivity contribution is 0.602. The van der Waals surface area contributed by atoms with Crippen LogP contribution in [-0.2, 0) is 9.84 Å². The highest BCUT2D eigenvalue weighted by Gasteiger charge is 2.06. The molecule has 0 aliphatic carbocycles. The molecule has 94 valence electrons. The van der Waals surface area contributed by atoms with Gasteiger partial charge in [0.1, 0.15) is 11.6 Å². The Bertz CT molecular complexity index is 636. The third kappa shape index (κ3) is 2.95. The van der Waals surface area contributed by atoms with Crippen LogP contribution in [0.3, 0.4) is 0 Å². The molecule has 18 heavy (non-hydrogen) atoms. The molecule has 0 saturated carbocycles. The standard InChI is InChI=1S/C11H12N4O2S/c1-18(16,17)9-4-2-8(3-5-9)15-11-7-13-10(12)6-14-11/h2-7H,1H3,(H2,12,13)(H,14,15). The summed E-state index contributed by atoms with van der Waals surface area (Å²) in [5.74, 6) is 0.879. The number of benzene rings is 1. The number of hydrogen-bond acceptors (Lipinski definition) is 6. The Labute approximate surface area is 105 Å². The number of nitrogens with zero attached hydrogens (tertiary/aromatic N) is 2. The molecular formula is C11H12N4O2S. The van der Waals surface area contributed by atoms with Gasteiger partial charge in [-0.15, -0.1) is 0 Å². The van der Waals surface area contributed by atoms with Crippen molar-refractivity contribution >= 4 is 27.2 Å². The predicted molar refractivity (Wildman–Crippen MR) is 69.3 cm³/mol. The van der Waals surface area contributed by atoms with Crippen molar-refractivity contribution in [3.8, 4) is 0 Å². The van der Waals surface area contributed by atoms with Crippen molar-refractivity contribution in [3.05, 3.63) is 36.7 Å². The molecular weight excluding hydrogens is 252 g/mol. The summed E-state index contributed by atoms with van der Waals surface area (Å²) in [7, 11) is -3.17. The topological polar surface area (TPSA) is 98.0 Å². The number of nitrogens with one attached hydrogen (secondary N) is 1. The van der Waals surface area contributed by atoms with Crippen LogP contribution in [0.15, 0.2) is 41.6 Å². The maximum absolute atomic E-state index is 11.3. The van der Waals surface area contributed by atoms with Gasteiger partial charge in [-0.05, 0) is 24.3 Å². The molecule has 0 atom stereocenters. The van der Waals surface area contributed by atoms with Crippen molar-refractivity contribution in [1.29, 1.82) is 0 Å². The number of sulfone groups is 1. The fourth-order valence-electron chi connectivity index (χ4n) is 1.34. The van der Waals surface area contributed by atoms with Crippen molar-refractivity contribution in [2.24, 2.45) is 0 Å². The molecule has 0 radical (unpaired) electrons. The number of hydrogen-bond donors (Lipinski definition) is 2. The molecule has 6 nitrogen and oxygen atoms in total. The molecule has 0 spiro atoms. The van der Waals surface area contributed by atoms with Crippen molar-refractivity contribution in [3.63, 3.8) is 0 Å². The van der Waals surface area contributed by atoms with Crippen LogP contribution in [-0.4, -0.2) is 24.6 Å². The zero-order chi connectivity index (χ0) is 13.2. The summed E-state index contributed by atoms with van der Waals surface area (Å²) in [6.07, 6.45) is 4.11. The minimum Gasteiger partial charge on any atom is -0.382 e. The first kappa shape index (κ1) is 12.3. The number of nitrogen functional groups attached to an aromatic ring is 1. The third-order valence-corrected chi connectivity index (χ3v) is 3.36. The minimum atomic E-state index is -3.17. The van der Waals surface area contributed by atoms with E-state index in [1.165, 1.54) is 30.8 Å². The second-order valence-corrected chi connectivity index (χ2v) is 5.76. The van der Waals surface area contributed by atoms with Gasteiger partial charge in [0.05, 0.1) is 17.3 Å². The van der Waals surface area contributed by atoms with Crippen LogP contribution in [0.4, 0.5) is 17.3 Å². The molecule has 1 aromatic carbocycles. The number of rotatable bonds is 3. The normalized spacial score (nSPS) is 11.2. The summed E-state index contributed by atoms with van der Waals surface area (Å²) in [5.41, 5.74) is 6.14. The van der Waals surface area contributed by atoms with Gasteiger partial charge in [-0.2, -0.15) is 0 Å². The van der Waals surface area contributed by atoms with E-state index in [0.717, 1.165) is 5.69 Å². The molecule has 2 aromatic rings. The Kier molecular flexibility index (Phi) is 3.15. The van der Waals surface area contributed by atoms with Crippen molar-refractivity contribution in [2.45, 2.75) is 4.90 Å². The van der Waals surface area contributed by atoms with Gasteiger partial charge in [0.2, 0.25) is 0 Å². The lowest BCUT2D eigenvalue weighted by Gasteiger charge is -2.05. The number of anilines is 3. The zero-order valence-corrected chi connectivity index (χ0v) is 10.5. The lowest BCUT2D eigenvalue weighted by Crippen LogP contribution is -1.99. The molecule has 0 aliphatic heterocycles. The fraction of sp³-hybridized carbons (Fsp3) is 0.0909. The largest absolute Gasteiger partial charge is 0.382 e. The van der Waals surface area contributed by atoms with E-state index < -0.39 is 9.84 Å². The van der Waals surface area contributed by atoms with Gasteiger partial charge in [0.25, 0.3) is 0 Å². The van der Waals surface area contributed by atoms with Crippen LogP contribution < -0.4 is 11.1 Å². The number of nitrogens with two attached hydrogens (primary N) is 1. The van der Waals surface area contributed by atoms with Crippen molar-refractivity contribution < 1.29 is 8.42 Å². The van der Waals surface area contributed by atoms with Crippen LogP contribution in [0.1, 0.15) is 0 Å². The van der Waals surface area contributed by atoms with E-state index in [4.69, 9.17) is 5.73 Å². The molecule has 2 rings (SSSR count). The monoisotopic (exact) mass is 264 g/mol. The van der Waals surface area contributed by atoms with E-state index >= 15 is 0 Å². The molecule has 0 bridgehead atoms. The average Bonchev–Trinajstić information content (AvgIpc) is 2.32. The van der Waals surface area contributed by atoms with Gasteiger partial charge in [0.15, 0.2) is 9.84 Å². The van der Waals surface area contributed by atoms with E-state index in [-0.39, 0.29) is 4.90 Å². The summed E-state index contributed by atoms with van der Waals surface area (Å²) < 4.78 is 22.6. The first-order valence-corrected chi connectivity index (χ1v) is 6.99. The minimum absolute atomic E-state index is 0.274. The fourth-order valence-corrected chi connectivity index (χ4v) is 1.97. The van der Waals surface area contributed by atoms with Crippen LogP contribution in [0.2, 0.25) is 0 Å². The van der Waals surface area contributed by atoms with Crippen LogP contribution in [0.25, 0.3) is 0 Å². The Morgan fingerprint density at radius 1 is 1.11 bits per heavy atom. The molecule has 0 unspecified atom stereocenters. The van der Waals surface area contributed by atoms with Crippen molar-refractivity contribution in [2.75, 3.05) is 17.3 Å². The Balaban J connectivity index is 2.18. The summed E-state index contributed by atoms with van der Waals surface area (Å²) in [6.45, 7) is 0. The average molecular weight is 264 g/mol. The molecule has 0 fully saturated rings. The second kappa shape index (κ2) is 4.61. The van der Waals surface area contributed by atoms with Crippen molar-refractivity contribution in [1.82, 2.24) is 9.97 Å². The number of aromatic nitrogens is 2. The first-order chi connectivity index (χ1) is 8.45. The van der Waals surface area contributed by atoms with Gasteiger partial charge >= 0.3 is 0 Å². The molecule has 0 amide bonds. The van der Waals surface area contributed by atoms with Crippen LogP contribution in [0.5, 0.6) is 0 Å². The SMILES string of the molecule is CS(=O)(=O)c1ccc(Nc2cnc(N)cn2)cc1. The lowest BCUT2D eigenvalue weighted by atomic mass is 10.3. The maximum atomic E-state index is 11.3. The van der Waals surface area contributed by atoms with E-state index in [2.05, 4.69) is 15.3 Å². The van der Waals surface area contributed by atoms with E-state index in [0.29, 0.717) is 11.6 Å².